The monoisotopic (exact) mass is 283 g/mol. The van der Waals surface area contributed by atoms with Crippen molar-refractivity contribution in [3.63, 3.8) is 0 Å². The highest BCUT2D eigenvalue weighted by Gasteiger charge is 2.04. The maximum Gasteiger partial charge on any atom is 0.189 e. The minimum absolute atomic E-state index is 0.0843. The van der Waals surface area contributed by atoms with Gasteiger partial charge in [-0.3, -0.25) is 0 Å². The normalized spacial score (nSPS) is 13.3. The fraction of sp³-hybridized carbons (Fsp3) is 0.500. The van der Waals surface area contributed by atoms with Gasteiger partial charge < -0.3 is 20.5 Å². The molecule has 0 radical (unpaired) electrons. The van der Waals surface area contributed by atoms with Crippen molar-refractivity contribution in [1.82, 2.24) is 5.32 Å². The first kappa shape index (κ1) is 16.4. The highest BCUT2D eigenvalue weighted by Crippen LogP contribution is 2.12. The van der Waals surface area contributed by atoms with E-state index in [-0.39, 0.29) is 18.5 Å². The highest BCUT2D eigenvalue weighted by atomic mass is 19.1. The first-order valence-electron chi connectivity index (χ1n) is 6.38. The molecule has 0 spiro atoms. The molecule has 0 aromatic heterocycles. The van der Waals surface area contributed by atoms with Crippen molar-refractivity contribution in [2.24, 2.45) is 10.7 Å². The molecule has 0 amide bonds. The van der Waals surface area contributed by atoms with Gasteiger partial charge in [-0.1, -0.05) is 6.07 Å². The quantitative estimate of drug-likeness (QED) is 0.586. The lowest BCUT2D eigenvalue weighted by Crippen LogP contribution is -2.40. The number of aliphatic imine (C=N–C) groups is 1. The van der Waals surface area contributed by atoms with Crippen molar-refractivity contribution in [2.45, 2.75) is 26.1 Å². The molecule has 0 aliphatic carbocycles. The van der Waals surface area contributed by atoms with E-state index in [0.29, 0.717) is 24.7 Å². The number of hydrogen-bond acceptors (Lipinski definition) is 3. The smallest absolute Gasteiger partial charge is 0.189 e. The van der Waals surface area contributed by atoms with E-state index in [1.54, 1.807) is 19.2 Å². The molecule has 0 aliphatic heterocycles. The summed E-state index contributed by atoms with van der Waals surface area (Å²) in [5.41, 5.74) is 7.15. The second-order valence-corrected chi connectivity index (χ2v) is 4.56. The molecule has 3 N–H and O–H groups in total. The van der Waals surface area contributed by atoms with E-state index in [1.165, 1.54) is 13.2 Å². The number of nitrogens with one attached hydrogen (secondary N) is 1. The molecular weight excluding hydrogens is 261 g/mol. The lowest BCUT2D eigenvalue weighted by molar-refractivity contribution is 0.179. The number of methoxy groups -OCH3 is 2. The molecule has 0 saturated heterocycles. The van der Waals surface area contributed by atoms with Crippen LogP contribution < -0.4 is 11.1 Å². The van der Waals surface area contributed by atoms with E-state index >= 15 is 0 Å². The average Bonchev–Trinajstić information content (AvgIpc) is 2.40. The molecule has 0 saturated carbocycles. The van der Waals surface area contributed by atoms with Crippen molar-refractivity contribution in [3.8, 4) is 0 Å². The van der Waals surface area contributed by atoms with Crippen LogP contribution in [0.2, 0.25) is 0 Å². The van der Waals surface area contributed by atoms with Gasteiger partial charge in [0.15, 0.2) is 5.96 Å². The SMILES string of the molecule is COCc1cc(CN=C(N)NC(C)COC)ccc1F. The van der Waals surface area contributed by atoms with Crippen molar-refractivity contribution in [3.05, 3.63) is 35.1 Å². The van der Waals surface area contributed by atoms with Crippen LogP contribution in [0.4, 0.5) is 4.39 Å². The topological polar surface area (TPSA) is 68.9 Å². The summed E-state index contributed by atoms with van der Waals surface area (Å²) in [7, 11) is 3.16. The van der Waals surface area contributed by atoms with E-state index in [9.17, 15) is 4.39 Å². The van der Waals surface area contributed by atoms with Crippen molar-refractivity contribution in [1.29, 1.82) is 0 Å². The molecule has 5 nitrogen and oxygen atoms in total. The predicted octanol–water partition coefficient (Wildman–Crippen LogP) is 1.41. The number of nitrogens with zero attached hydrogens (tertiary/aromatic N) is 1. The van der Waals surface area contributed by atoms with Crippen LogP contribution in [0.3, 0.4) is 0 Å². The molecule has 0 heterocycles. The minimum Gasteiger partial charge on any atom is -0.383 e. The lowest BCUT2D eigenvalue weighted by Gasteiger charge is -2.13. The van der Waals surface area contributed by atoms with Crippen molar-refractivity contribution >= 4 is 5.96 Å². The van der Waals surface area contributed by atoms with E-state index in [2.05, 4.69) is 10.3 Å². The van der Waals surface area contributed by atoms with E-state index in [1.807, 2.05) is 6.92 Å². The first-order valence-corrected chi connectivity index (χ1v) is 6.38. The van der Waals surface area contributed by atoms with Crippen LogP contribution in [0.25, 0.3) is 0 Å². The summed E-state index contributed by atoms with van der Waals surface area (Å²) >= 11 is 0. The number of nitrogens with two attached hydrogens (primary N) is 1. The molecule has 1 aromatic rings. The van der Waals surface area contributed by atoms with Gasteiger partial charge in [0.05, 0.1) is 19.8 Å². The third-order valence-electron chi connectivity index (χ3n) is 2.65. The van der Waals surface area contributed by atoms with Gasteiger partial charge in [-0.15, -0.1) is 0 Å². The molecule has 0 fully saturated rings. The van der Waals surface area contributed by atoms with Gasteiger partial charge in [-0.25, -0.2) is 9.38 Å². The van der Waals surface area contributed by atoms with Gasteiger partial charge in [0.25, 0.3) is 0 Å². The molecule has 1 unspecified atom stereocenters. The van der Waals surface area contributed by atoms with Gasteiger partial charge >= 0.3 is 0 Å². The van der Waals surface area contributed by atoms with Gasteiger partial charge in [0, 0.05) is 25.8 Å². The summed E-state index contributed by atoms with van der Waals surface area (Å²) in [5.74, 6) is 0.0616. The van der Waals surface area contributed by atoms with E-state index in [4.69, 9.17) is 15.2 Å². The molecular formula is C14H22FN3O2. The Hall–Kier alpha value is -1.66. The average molecular weight is 283 g/mol. The Labute approximate surface area is 119 Å². The summed E-state index contributed by atoms with van der Waals surface area (Å²) in [5, 5.41) is 3.01. The molecule has 1 rings (SSSR count). The Kier molecular flexibility index (Phi) is 6.97. The van der Waals surface area contributed by atoms with Crippen LogP contribution in [-0.4, -0.2) is 32.8 Å². The second-order valence-electron chi connectivity index (χ2n) is 4.56. The van der Waals surface area contributed by atoms with E-state index in [0.717, 1.165) is 5.56 Å². The summed E-state index contributed by atoms with van der Waals surface area (Å²) in [4.78, 5) is 4.21. The number of guanidine groups is 1. The molecule has 0 aliphatic rings. The Morgan fingerprint density at radius 3 is 2.80 bits per heavy atom. The van der Waals surface area contributed by atoms with Crippen LogP contribution in [0.5, 0.6) is 0 Å². The Bertz CT molecular complexity index is 452. The van der Waals surface area contributed by atoms with Gasteiger partial charge in [0.2, 0.25) is 0 Å². The number of ether oxygens (including phenoxy) is 2. The predicted molar refractivity (Wildman–Crippen MR) is 76.9 cm³/mol. The molecule has 6 heteroatoms. The second kappa shape index (κ2) is 8.50. The summed E-state index contributed by atoms with van der Waals surface area (Å²) in [6, 6.07) is 4.91. The van der Waals surface area contributed by atoms with Crippen LogP contribution in [-0.2, 0) is 22.6 Å². The summed E-state index contributed by atoms with van der Waals surface area (Å²) < 4.78 is 23.4. The molecule has 112 valence electrons. The van der Waals surface area contributed by atoms with Gasteiger partial charge in [0.1, 0.15) is 5.82 Å². The standard InChI is InChI=1S/C14H22FN3O2/c1-10(8-19-2)18-14(16)17-7-11-4-5-13(15)12(6-11)9-20-3/h4-6,10H,7-9H2,1-3H3,(H3,16,17,18). The molecule has 20 heavy (non-hydrogen) atoms. The van der Waals surface area contributed by atoms with Crippen LogP contribution in [0.15, 0.2) is 23.2 Å². The van der Waals surface area contributed by atoms with Crippen LogP contribution in [0, 0.1) is 5.82 Å². The van der Waals surface area contributed by atoms with Gasteiger partial charge in [-0.05, 0) is 24.6 Å². The third kappa shape index (κ3) is 5.54. The maximum absolute atomic E-state index is 13.4. The summed E-state index contributed by atoms with van der Waals surface area (Å²) in [6.07, 6.45) is 0. The van der Waals surface area contributed by atoms with Crippen LogP contribution in [0.1, 0.15) is 18.1 Å². The fourth-order valence-electron chi connectivity index (χ4n) is 1.76. The third-order valence-corrected chi connectivity index (χ3v) is 2.65. The highest BCUT2D eigenvalue weighted by molar-refractivity contribution is 5.78. The first-order chi connectivity index (χ1) is 9.56. The Balaban J connectivity index is 2.62. The minimum atomic E-state index is -0.278. The zero-order valence-electron chi connectivity index (χ0n) is 12.1. The van der Waals surface area contributed by atoms with E-state index < -0.39 is 0 Å². The largest absolute Gasteiger partial charge is 0.383 e. The zero-order valence-corrected chi connectivity index (χ0v) is 12.1. The van der Waals surface area contributed by atoms with Gasteiger partial charge in [-0.2, -0.15) is 0 Å². The Morgan fingerprint density at radius 1 is 1.40 bits per heavy atom. The summed E-state index contributed by atoms with van der Waals surface area (Å²) in [6.45, 7) is 3.11. The maximum atomic E-state index is 13.4. The number of halogens is 1. The van der Waals surface area contributed by atoms with Crippen molar-refractivity contribution < 1.29 is 13.9 Å². The Morgan fingerprint density at radius 2 is 2.15 bits per heavy atom. The number of rotatable bonds is 7. The molecule has 1 atom stereocenters. The fourth-order valence-corrected chi connectivity index (χ4v) is 1.76. The zero-order chi connectivity index (χ0) is 15.0. The molecule has 1 aromatic carbocycles. The number of hydrogen-bond donors (Lipinski definition) is 2. The lowest BCUT2D eigenvalue weighted by atomic mass is 10.1. The molecule has 0 bridgehead atoms. The van der Waals surface area contributed by atoms with Crippen molar-refractivity contribution in [2.75, 3.05) is 20.8 Å². The van der Waals surface area contributed by atoms with Crippen LogP contribution >= 0.6 is 0 Å². The number of benzene rings is 1.